The Kier molecular flexibility index (Phi) is 3.49. The van der Waals surface area contributed by atoms with Crippen LogP contribution >= 0.6 is 0 Å². The lowest BCUT2D eigenvalue weighted by molar-refractivity contribution is 0.126. The minimum Gasteiger partial charge on any atom is -0.393 e. The number of fused-ring (bicyclic) bond motifs is 1. The summed E-state index contributed by atoms with van der Waals surface area (Å²) in [5.74, 6) is 0.835. The highest BCUT2D eigenvalue weighted by molar-refractivity contribution is 5.62. The molecule has 0 radical (unpaired) electrons. The molecule has 0 atom stereocenters. The molecule has 0 saturated heterocycles. The molecule has 1 aliphatic carbocycles. The highest BCUT2D eigenvalue weighted by atomic mass is 16.3. The molecule has 3 aromatic heterocycles. The lowest BCUT2D eigenvalue weighted by Gasteiger charge is -2.26. The molecule has 1 fully saturated rings. The normalized spacial score (nSPS) is 21.7. The van der Waals surface area contributed by atoms with E-state index in [0.717, 1.165) is 48.4 Å². The van der Waals surface area contributed by atoms with Gasteiger partial charge in [0.15, 0.2) is 5.65 Å². The van der Waals surface area contributed by atoms with Gasteiger partial charge in [-0.3, -0.25) is 4.68 Å². The van der Waals surface area contributed by atoms with Crippen LogP contribution < -0.4 is 5.32 Å². The van der Waals surface area contributed by atoms with Crippen molar-refractivity contribution in [3.8, 4) is 11.3 Å². The molecule has 3 aromatic rings. The van der Waals surface area contributed by atoms with Crippen molar-refractivity contribution < 1.29 is 5.11 Å². The number of nitrogens with one attached hydrogen (secondary N) is 1. The third kappa shape index (κ3) is 2.79. The Morgan fingerprint density at radius 2 is 2.00 bits per heavy atom. The number of aromatic nitrogens is 5. The van der Waals surface area contributed by atoms with E-state index in [4.69, 9.17) is 0 Å². The van der Waals surface area contributed by atoms with Gasteiger partial charge in [-0.2, -0.15) is 5.10 Å². The van der Waals surface area contributed by atoms with Crippen molar-refractivity contribution in [1.29, 1.82) is 0 Å². The highest BCUT2D eigenvalue weighted by Crippen LogP contribution is 2.23. The van der Waals surface area contributed by atoms with E-state index in [1.807, 2.05) is 42.3 Å². The molecule has 4 rings (SSSR count). The summed E-state index contributed by atoms with van der Waals surface area (Å²) in [7, 11) is 1.89. The molecule has 0 unspecified atom stereocenters. The summed E-state index contributed by atoms with van der Waals surface area (Å²) in [6.45, 7) is 0. The van der Waals surface area contributed by atoms with Gasteiger partial charge in [0.1, 0.15) is 5.82 Å². The monoisotopic (exact) mass is 312 g/mol. The molecule has 7 nitrogen and oxygen atoms in total. The van der Waals surface area contributed by atoms with Crippen LogP contribution in [-0.2, 0) is 7.05 Å². The van der Waals surface area contributed by atoms with Gasteiger partial charge >= 0.3 is 0 Å². The molecule has 0 amide bonds. The van der Waals surface area contributed by atoms with Gasteiger partial charge in [0.05, 0.1) is 24.2 Å². The van der Waals surface area contributed by atoms with Crippen molar-refractivity contribution >= 4 is 11.5 Å². The summed E-state index contributed by atoms with van der Waals surface area (Å²) in [5.41, 5.74) is 2.73. The molecular weight excluding hydrogens is 292 g/mol. The van der Waals surface area contributed by atoms with Crippen LogP contribution in [0.25, 0.3) is 16.9 Å². The molecule has 0 aromatic carbocycles. The van der Waals surface area contributed by atoms with Crippen molar-refractivity contribution in [3.63, 3.8) is 0 Å². The minimum absolute atomic E-state index is 0.144. The summed E-state index contributed by atoms with van der Waals surface area (Å²) >= 11 is 0. The number of hydrogen-bond acceptors (Lipinski definition) is 5. The lowest BCUT2D eigenvalue weighted by Crippen LogP contribution is -2.28. The van der Waals surface area contributed by atoms with Crippen molar-refractivity contribution in [2.24, 2.45) is 7.05 Å². The first-order valence-electron chi connectivity index (χ1n) is 7.97. The number of aliphatic hydroxyl groups is 1. The Morgan fingerprint density at radius 1 is 1.17 bits per heavy atom. The maximum atomic E-state index is 9.61. The summed E-state index contributed by atoms with van der Waals surface area (Å²) in [5, 5.41) is 22.0. The van der Waals surface area contributed by atoms with Crippen LogP contribution in [0.5, 0.6) is 0 Å². The maximum absolute atomic E-state index is 9.61. The van der Waals surface area contributed by atoms with Crippen molar-refractivity contribution in [1.82, 2.24) is 24.4 Å². The zero-order chi connectivity index (χ0) is 15.8. The predicted molar refractivity (Wildman–Crippen MR) is 87.1 cm³/mol. The quantitative estimate of drug-likeness (QED) is 0.771. The second kappa shape index (κ2) is 5.66. The molecule has 1 aliphatic rings. The minimum atomic E-state index is -0.144. The third-order valence-corrected chi connectivity index (χ3v) is 4.41. The van der Waals surface area contributed by atoms with Gasteiger partial charge in [-0.1, -0.05) is 0 Å². The fraction of sp³-hybridized carbons (Fsp3) is 0.438. The average Bonchev–Trinajstić information content (AvgIpc) is 3.15. The SMILES string of the molecule is Cn1cc(-c2cnc3ccc(N[C@H]4CC[C@H](O)CC4)nn23)cn1. The highest BCUT2D eigenvalue weighted by Gasteiger charge is 2.19. The van der Waals surface area contributed by atoms with Crippen molar-refractivity contribution in [3.05, 3.63) is 30.7 Å². The van der Waals surface area contributed by atoms with E-state index >= 15 is 0 Å². The smallest absolute Gasteiger partial charge is 0.154 e. The number of rotatable bonds is 3. The van der Waals surface area contributed by atoms with Crippen LogP contribution in [0.1, 0.15) is 25.7 Å². The van der Waals surface area contributed by atoms with E-state index in [2.05, 4.69) is 20.5 Å². The molecular formula is C16H20N6O. The summed E-state index contributed by atoms with van der Waals surface area (Å²) in [4.78, 5) is 4.40. The standard InChI is InChI=1S/C16H20N6O/c1-21-10-11(8-18-21)14-9-17-16-7-6-15(20-22(14)16)19-12-2-4-13(23)5-3-12/h6-10,12-13,23H,2-5H2,1H3,(H,19,20)/t12-,13-. The fourth-order valence-corrected chi connectivity index (χ4v) is 3.13. The van der Waals surface area contributed by atoms with Gasteiger partial charge < -0.3 is 10.4 Å². The number of imidazole rings is 1. The molecule has 1 saturated carbocycles. The van der Waals surface area contributed by atoms with E-state index in [-0.39, 0.29) is 6.10 Å². The van der Waals surface area contributed by atoms with Crippen molar-refractivity contribution in [2.75, 3.05) is 5.32 Å². The van der Waals surface area contributed by atoms with Gasteiger partial charge in [0.2, 0.25) is 0 Å². The second-order valence-electron chi connectivity index (χ2n) is 6.18. The Hall–Kier alpha value is -2.41. The lowest BCUT2D eigenvalue weighted by atomic mass is 9.93. The molecule has 0 bridgehead atoms. The summed E-state index contributed by atoms with van der Waals surface area (Å²) in [6, 6.07) is 4.29. The molecule has 23 heavy (non-hydrogen) atoms. The van der Waals surface area contributed by atoms with Gasteiger partial charge in [-0.15, -0.1) is 5.10 Å². The zero-order valence-corrected chi connectivity index (χ0v) is 13.1. The van der Waals surface area contributed by atoms with Gasteiger partial charge in [-0.05, 0) is 37.8 Å². The van der Waals surface area contributed by atoms with Crippen LogP contribution in [0.15, 0.2) is 30.7 Å². The predicted octanol–water partition coefficient (Wildman–Crippen LogP) is 1.85. The Balaban J connectivity index is 1.62. The first kappa shape index (κ1) is 14.2. The van der Waals surface area contributed by atoms with Crippen LogP contribution in [0.2, 0.25) is 0 Å². The Morgan fingerprint density at radius 3 is 2.74 bits per heavy atom. The van der Waals surface area contributed by atoms with Gasteiger partial charge in [-0.25, -0.2) is 9.50 Å². The third-order valence-electron chi connectivity index (χ3n) is 4.41. The van der Waals surface area contributed by atoms with E-state index < -0.39 is 0 Å². The molecule has 0 spiro atoms. The van der Waals surface area contributed by atoms with E-state index in [9.17, 15) is 5.11 Å². The van der Waals surface area contributed by atoms with Crippen LogP contribution in [0.3, 0.4) is 0 Å². The Labute approximate surface area is 134 Å². The van der Waals surface area contributed by atoms with E-state index in [1.54, 1.807) is 4.68 Å². The molecule has 120 valence electrons. The summed E-state index contributed by atoms with van der Waals surface area (Å²) < 4.78 is 3.61. The van der Waals surface area contributed by atoms with E-state index in [0.29, 0.717) is 6.04 Å². The van der Waals surface area contributed by atoms with E-state index in [1.165, 1.54) is 0 Å². The topological polar surface area (TPSA) is 80.3 Å². The largest absolute Gasteiger partial charge is 0.393 e. The number of anilines is 1. The maximum Gasteiger partial charge on any atom is 0.154 e. The van der Waals surface area contributed by atoms with Gasteiger partial charge in [0, 0.05) is 24.8 Å². The van der Waals surface area contributed by atoms with Crippen molar-refractivity contribution in [2.45, 2.75) is 37.8 Å². The first-order chi connectivity index (χ1) is 11.2. The second-order valence-corrected chi connectivity index (χ2v) is 6.18. The number of hydrogen-bond donors (Lipinski definition) is 2. The number of nitrogens with zero attached hydrogens (tertiary/aromatic N) is 5. The Bertz CT molecular complexity index is 815. The van der Waals surface area contributed by atoms with Gasteiger partial charge in [0.25, 0.3) is 0 Å². The van der Waals surface area contributed by atoms with Crippen LogP contribution in [-0.4, -0.2) is 41.6 Å². The molecule has 2 N–H and O–H groups in total. The first-order valence-corrected chi connectivity index (χ1v) is 7.97. The molecule has 0 aliphatic heterocycles. The zero-order valence-electron chi connectivity index (χ0n) is 13.1. The van der Waals surface area contributed by atoms with Crippen LogP contribution in [0.4, 0.5) is 5.82 Å². The number of aliphatic hydroxyl groups excluding tert-OH is 1. The number of aryl methyl sites for hydroxylation is 1. The van der Waals surface area contributed by atoms with Crippen LogP contribution in [0, 0.1) is 0 Å². The molecule has 7 heteroatoms. The fourth-order valence-electron chi connectivity index (χ4n) is 3.13. The average molecular weight is 312 g/mol. The molecule has 3 heterocycles. The summed E-state index contributed by atoms with van der Waals surface area (Å²) in [6.07, 6.45) is 9.09.